The second-order valence-corrected chi connectivity index (χ2v) is 3.49. The molecule has 1 N–H and O–H groups in total. The van der Waals surface area contributed by atoms with Crippen LogP contribution < -0.4 is 0 Å². The first-order chi connectivity index (χ1) is 6.20. The quantitative estimate of drug-likeness (QED) is 0.663. The molecule has 2 nitrogen and oxygen atoms in total. The second-order valence-electron chi connectivity index (χ2n) is 3.49. The van der Waals surface area contributed by atoms with Gasteiger partial charge in [-0.3, -0.25) is 4.79 Å². The summed E-state index contributed by atoms with van der Waals surface area (Å²) >= 11 is 0. The number of ketones is 1. The fourth-order valence-corrected chi connectivity index (χ4v) is 1.97. The summed E-state index contributed by atoms with van der Waals surface area (Å²) in [6, 6.07) is 5.65. The molecule has 2 heteroatoms. The van der Waals surface area contributed by atoms with Gasteiger partial charge in [-0.2, -0.15) is 0 Å². The average molecular weight is 176 g/mol. The lowest BCUT2D eigenvalue weighted by molar-refractivity contribution is 0.101. The first kappa shape index (κ1) is 8.45. The van der Waals surface area contributed by atoms with Gasteiger partial charge >= 0.3 is 0 Å². The molecule has 0 aromatic heterocycles. The SMILES string of the molecule is CC(=O)c1cccc2c1C(O)CC2. The first-order valence-corrected chi connectivity index (χ1v) is 4.51. The Morgan fingerprint density at radius 1 is 1.54 bits per heavy atom. The Morgan fingerprint density at radius 2 is 2.31 bits per heavy atom. The average Bonchev–Trinajstić information content (AvgIpc) is 2.48. The second kappa shape index (κ2) is 2.96. The number of aryl methyl sites for hydroxylation is 1. The zero-order chi connectivity index (χ0) is 9.42. The Bertz CT molecular complexity index is 355. The van der Waals surface area contributed by atoms with Crippen LogP contribution in [-0.2, 0) is 6.42 Å². The number of hydrogen-bond acceptors (Lipinski definition) is 2. The topological polar surface area (TPSA) is 37.3 Å². The van der Waals surface area contributed by atoms with Crippen molar-refractivity contribution >= 4 is 5.78 Å². The summed E-state index contributed by atoms with van der Waals surface area (Å²) < 4.78 is 0. The summed E-state index contributed by atoms with van der Waals surface area (Å²) in [5.41, 5.74) is 2.66. The molecule has 13 heavy (non-hydrogen) atoms. The van der Waals surface area contributed by atoms with Gasteiger partial charge in [0, 0.05) is 5.56 Å². The minimum atomic E-state index is -0.435. The molecule has 1 aliphatic rings. The third-order valence-corrected chi connectivity index (χ3v) is 2.60. The van der Waals surface area contributed by atoms with Crippen LogP contribution in [0.1, 0.15) is 40.9 Å². The van der Waals surface area contributed by atoms with Crippen molar-refractivity contribution in [1.82, 2.24) is 0 Å². The lowest BCUT2D eigenvalue weighted by Crippen LogP contribution is -2.02. The molecule has 0 radical (unpaired) electrons. The Hall–Kier alpha value is -1.15. The number of carbonyl (C=O) groups excluding carboxylic acids is 1. The summed E-state index contributed by atoms with van der Waals surface area (Å²) in [4.78, 5) is 11.2. The van der Waals surface area contributed by atoms with E-state index >= 15 is 0 Å². The smallest absolute Gasteiger partial charge is 0.160 e. The van der Waals surface area contributed by atoms with Crippen molar-refractivity contribution in [2.24, 2.45) is 0 Å². The van der Waals surface area contributed by atoms with E-state index in [1.807, 2.05) is 12.1 Å². The van der Waals surface area contributed by atoms with Crippen molar-refractivity contribution in [2.45, 2.75) is 25.9 Å². The summed E-state index contributed by atoms with van der Waals surface area (Å²) in [6.45, 7) is 1.54. The molecular weight excluding hydrogens is 164 g/mol. The maximum atomic E-state index is 11.2. The largest absolute Gasteiger partial charge is 0.388 e. The van der Waals surface area contributed by atoms with Crippen molar-refractivity contribution in [1.29, 1.82) is 0 Å². The molecule has 0 bridgehead atoms. The highest BCUT2D eigenvalue weighted by molar-refractivity contribution is 5.96. The van der Waals surface area contributed by atoms with Crippen LogP contribution in [0, 0.1) is 0 Å². The molecule has 0 fully saturated rings. The predicted octanol–water partition coefficient (Wildman–Crippen LogP) is 1.87. The zero-order valence-electron chi connectivity index (χ0n) is 7.58. The molecule has 0 spiro atoms. The van der Waals surface area contributed by atoms with Gasteiger partial charge in [0.2, 0.25) is 0 Å². The molecule has 1 aromatic carbocycles. The third kappa shape index (κ3) is 1.27. The fourth-order valence-electron chi connectivity index (χ4n) is 1.97. The summed E-state index contributed by atoms with van der Waals surface area (Å²) in [6.07, 6.45) is 1.20. The van der Waals surface area contributed by atoms with Crippen LogP contribution in [0.3, 0.4) is 0 Å². The number of rotatable bonds is 1. The van der Waals surface area contributed by atoms with Crippen LogP contribution in [0.5, 0.6) is 0 Å². The maximum absolute atomic E-state index is 11.2. The Labute approximate surface area is 77.2 Å². The van der Waals surface area contributed by atoms with Gasteiger partial charge in [0.05, 0.1) is 6.10 Å². The van der Waals surface area contributed by atoms with E-state index in [1.165, 1.54) is 0 Å². The number of Topliss-reactive ketones (excluding diaryl/α,β-unsaturated/α-hetero) is 1. The number of fused-ring (bicyclic) bond motifs is 1. The van der Waals surface area contributed by atoms with E-state index in [2.05, 4.69) is 0 Å². The molecule has 0 saturated carbocycles. The Morgan fingerprint density at radius 3 is 3.00 bits per heavy atom. The lowest BCUT2D eigenvalue weighted by Gasteiger charge is -2.08. The van der Waals surface area contributed by atoms with Gasteiger partial charge in [-0.05, 0) is 30.9 Å². The van der Waals surface area contributed by atoms with Crippen molar-refractivity contribution in [3.63, 3.8) is 0 Å². The van der Waals surface area contributed by atoms with Crippen LogP contribution in [-0.4, -0.2) is 10.9 Å². The summed E-state index contributed by atoms with van der Waals surface area (Å²) in [5, 5.41) is 9.66. The highest BCUT2D eigenvalue weighted by Gasteiger charge is 2.24. The first-order valence-electron chi connectivity index (χ1n) is 4.51. The Balaban J connectivity index is 2.60. The van der Waals surface area contributed by atoms with Crippen molar-refractivity contribution in [3.8, 4) is 0 Å². The van der Waals surface area contributed by atoms with Crippen LogP contribution in [0.25, 0.3) is 0 Å². The molecule has 1 atom stereocenters. The maximum Gasteiger partial charge on any atom is 0.160 e. The molecule has 1 aromatic rings. The monoisotopic (exact) mass is 176 g/mol. The molecule has 0 saturated heterocycles. The Kier molecular flexibility index (Phi) is 1.93. The van der Waals surface area contributed by atoms with E-state index in [1.54, 1.807) is 13.0 Å². The number of benzene rings is 1. The number of hydrogen-bond donors (Lipinski definition) is 1. The summed E-state index contributed by atoms with van der Waals surface area (Å²) in [5.74, 6) is 0.0396. The van der Waals surface area contributed by atoms with E-state index < -0.39 is 6.10 Å². The van der Waals surface area contributed by atoms with E-state index in [4.69, 9.17) is 0 Å². The van der Waals surface area contributed by atoms with Gasteiger partial charge in [0.15, 0.2) is 5.78 Å². The van der Waals surface area contributed by atoms with Crippen molar-refractivity contribution in [2.75, 3.05) is 0 Å². The van der Waals surface area contributed by atoms with Gasteiger partial charge in [0.1, 0.15) is 0 Å². The van der Waals surface area contributed by atoms with Crippen molar-refractivity contribution < 1.29 is 9.90 Å². The number of carbonyl (C=O) groups is 1. The van der Waals surface area contributed by atoms with Crippen LogP contribution in [0.2, 0.25) is 0 Å². The zero-order valence-corrected chi connectivity index (χ0v) is 7.58. The third-order valence-electron chi connectivity index (χ3n) is 2.60. The van der Waals surface area contributed by atoms with Crippen LogP contribution in [0.4, 0.5) is 0 Å². The minimum Gasteiger partial charge on any atom is -0.388 e. The molecule has 0 heterocycles. The van der Waals surface area contributed by atoms with Crippen LogP contribution in [0.15, 0.2) is 18.2 Å². The van der Waals surface area contributed by atoms with Gasteiger partial charge in [-0.25, -0.2) is 0 Å². The molecule has 68 valence electrons. The molecular formula is C11H12O2. The van der Waals surface area contributed by atoms with Gasteiger partial charge in [0.25, 0.3) is 0 Å². The molecule has 0 aliphatic heterocycles. The number of aliphatic hydroxyl groups is 1. The molecule has 1 unspecified atom stereocenters. The van der Waals surface area contributed by atoms with Gasteiger partial charge in [-0.1, -0.05) is 18.2 Å². The standard InChI is InChI=1S/C11H12O2/c1-7(12)9-4-2-3-8-5-6-10(13)11(8)9/h2-4,10,13H,5-6H2,1H3. The predicted molar refractivity (Wildman–Crippen MR) is 49.7 cm³/mol. The van der Waals surface area contributed by atoms with E-state index in [-0.39, 0.29) is 5.78 Å². The number of aliphatic hydroxyl groups excluding tert-OH is 1. The molecule has 2 rings (SSSR count). The van der Waals surface area contributed by atoms with E-state index in [9.17, 15) is 9.90 Å². The van der Waals surface area contributed by atoms with Crippen LogP contribution >= 0.6 is 0 Å². The van der Waals surface area contributed by atoms with Gasteiger partial charge in [-0.15, -0.1) is 0 Å². The van der Waals surface area contributed by atoms with Gasteiger partial charge < -0.3 is 5.11 Å². The summed E-state index contributed by atoms with van der Waals surface area (Å²) in [7, 11) is 0. The van der Waals surface area contributed by atoms with E-state index in [0.29, 0.717) is 5.56 Å². The van der Waals surface area contributed by atoms with E-state index in [0.717, 1.165) is 24.0 Å². The van der Waals surface area contributed by atoms with Crippen molar-refractivity contribution in [3.05, 3.63) is 34.9 Å². The molecule has 1 aliphatic carbocycles. The normalized spacial score (nSPS) is 20.0. The lowest BCUT2D eigenvalue weighted by atomic mass is 10.00. The molecule has 0 amide bonds. The fraction of sp³-hybridized carbons (Fsp3) is 0.364. The highest BCUT2D eigenvalue weighted by Crippen LogP contribution is 2.33. The minimum absolute atomic E-state index is 0.0396. The highest BCUT2D eigenvalue weighted by atomic mass is 16.3.